The van der Waals surface area contributed by atoms with E-state index < -0.39 is 5.97 Å². The van der Waals surface area contributed by atoms with E-state index in [4.69, 9.17) is 0 Å². The maximum absolute atomic E-state index is 11.5. The number of nitrogens with zero attached hydrogens (tertiary/aromatic N) is 2. The lowest BCUT2D eigenvalue weighted by Gasteiger charge is -2.30. The SMILES string of the molecule is CSC1CCCC(n2c(C)nc3cccc(C(=O)O)c32)C1. The fourth-order valence-electron chi connectivity index (χ4n) is 3.45. The van der Waals surface area contributed by atoms with Gasteiger partial charge in [0.05, 0.1) is 16.6 Å². The molecule has 1 heterocycles. The second-order valence-electron chi connectivity index (χ2n) is 5.69. The number of rotatable bonds is 3. The first kappa shape index (κ1) is 14.4. The minimum atomic E-state index is -0.876. The zero-order valence-electron chi connectivity index (χ0n) is 12.4. The van der Waals surface area contributed by atoms with Crippen LogP contribution >= 0.6 is 11.8 Å². The van der Waals surface area contributed by atoms with Gasteiger partial charge in [-0.3, -0.25) is 0 Å². The number of aromatic carboxylic acids is 1. The quantitative estimate of drug-likeness (QED) is 0.934. The molecule has 3 rings (SSSR count). The molecule has 0 spiro atoms. The molecule has 1 N–H and O–H groups in total. The van der Waals surface area contributed by atoms with Crippen LogP contribution in [-0.2, 0) is 0 Å². The number of aromatic nitrogens is 2. The van der Waals surface area contributed by atoms with Gasteiger partial charge in [-0.05, 0) is 44.6 Å². The topological polar surface area (TPSA) is 55.1 Å². The van der Waals surface area contributed by atoms with Crippen molar-refractivity contribution in [2.75, 3.05) is 6.26 Å². The van der Waals surface area contributed by atoms with Gasteiger partial charge < -0.3 is 9.67 Å². The molecule has 2 unspecified atom stereocenters. The number of fused-ring (bicyclic) bond motifs is 1. The van der Waals surface area contributed by atoms with Gasteiger partial charge in [0.1, 0.15) is 5.82 Å². The molecular formula is C16H20N2O2S. The van der Waals surface area contributed by atoms with Crippen LogP contribution in [0.25, 0.3) is 11.0 Å². The van der Waals surface area contributed by atoms with Crippen molar-refractivity contribution in [1.82, 2.24) is 9.55 Å². The van der Waals surface area contributed by atoms with Gasteiger partial charge in [0.15, 0.2) is 0 Å². The van der Waals surface area contributed by atoms with E-state index in [1.165, 1.54) is 12.8 Å². The van der Waals surface area contributed by atoms with Crippen LogP contribution in [-0.4, -0.2) is 32.1 Å². The van der Waals surface area contributed by atoms with Crippen LogP contribution < -0.4 is 0 Å². The first-order valence-corrected chi connectivity index (χ1v) is 8.64. The Kier molecular flexibility index (Phi) is 3.93. The smallest absolute Gasteiger partial charge is 0.337 e. The van der Waals surface area contributed by atoms with E-state index in [0.717, 1.165) is 29.7 Å². The van der Waals surface area contributed by atoms with Crippen LogP contribution in [0.2, 0.25) is 0 Å². The molecule has 2 aromatic rings. The summed E-state index contributed by atoms with van der Waals surface area (Å²) in [6.45, 7) is 1.98. The molecule has 0 amide bonds. The van der Waals surface area contributed by atoms with Crippen molar-refractivity contribution < 1.29 is 9.90 Å². The second kappa shape index (κ2) is 5.72. The highest BCUT2D eigenvalue weighted by molar-refractivity contribution is 7.99. The van der Waals surface area contributed by atoms with Gasteiger partial charge in [-0.1, -0.05) is 12.5 Å². The summed E-state index contributed by atoms with van der Waals surface area (Å²) in [7, 11) is 0. The first-order valence-electron chi connectivity index (χ1n) is 7.35. The maximum atomic E-state index is 11.5. The molecule has 2 atom stereocenters. The number of aryl methyl sites for hydroxylation is 1. The van der Waals surface area contributed by atoms with E-state index in [2.05, 4.69) is 15.8 Å². The van der Waals surface area contributed by atoms with Crippen LogP contribution in [0.5, 0.6) is 0 Å². The minimum absolute atomic E-state index is 0.361. The van der Waals surface area contributed by atoms with Crippen molar-refractivity contribution in [2.45, 2.75) is 43.9 Å². The minimum Gasteiger partial charge on any atom is -0.478 e. The van der Waals surface area contributed by atoms with Gasteiger partial charge in [-0.15, -0.1) is 0 Å². The van der Waals surface area contributed by atoms with Crippen LogP contribution in [0.3, 0.4) is 0 Å². The largest absolute Gasteiger partial charge is 0.478 e. The van der Waals surface area contributed by atoms with Crippen molar-refractivity contribution in [2.24, 2.45) is 0 Å². The van der Waals surface area contributed by atoms with Gasteiger partial charge in [0.25, 0.3) is 0 Å². The Labute approximate surface area is 128 Å². The van der Waals surface area contributed by atoms with Gasteiger partial charge in [-0.25, -0.2) is 9.78 Å². The summed E-state index contributed by atoms with van der Waals surface area (Å²) in [5, 5.41) is 10.1. The van der Waals surface area contributed by atoms with Crippen molar-refractivity contribution >= 4 is 28.8 Å². The Bertz CT molecular complexity index is 680. The molecule has 0 aliphatic heterocycles. The van der Waals surface area contributed by atoms with E-state index in [0.29, 0.717) is 16.9 Å². The lowest BCUT2D eigenvalue weighted by atomic mass is 9.94. The summed E-state index contributed by atoms with van der Waals surface area (Å²) in [4.78, 5) is 16.1. The Morgan fingerprint density at radius 2 is 2.24 bits per heavy atom. The average molecular weight is 304 g/mol. The number of para-hydroxylation sites is 1. The Morgan fingerprint density at radius 3 is 2.95 bits per heavy atom. The summed E-state index contributed by atoms with van der Waals surface area (Å²) in [6.07, 6.45) is 6.83. The van der Waals surface area contributed by atoms with E-state index in [-0.39, 0.29) is 0 Å². The number of hydrogen-bond acceptors (Lipinski definition) is 3. The number of hydrogen-bond donors (Lipinski definition) is 1. The Balaban J connectivity index is 2.13. The van der Waals surface area contributed by atoms with Gasteiger partial charge in [0, 0.05) is 11.3 Å². The molecule has 5 heteroatoms. The van der Waals surface area contributed by atoms with Gasteiger partial charge in [0.2, 0.25) is 0 Å². The van der Waals surface area contributed by atoms with Crippen molar-refractivity contribution in [3.63, 3.8) is 0 Å². The lowest BCUT2D eigenvalue weighted by Crippen LogP contribution is -2.22. The highest BCUT2D eigenvalue weighted by Gasteiger charge is 2.26. The number of carboxylic acid groups (broad SMARTS) is 1. The van der Waals surface area contributed by atoms with Crippen LogP contribution in [0.4, 0.5) is 0 Å². The molecule has 1 saturated carbocycles. The Hall–Kier alpha value is -1.49. The molecule has 4 nitrogen and oxygen atoms in total. The predicted octanol–water partition coefficient (Wildman–Crippen LogP) is 3.89. The monoisotopic (exact) mass is 304 g/mol. The van der Waals surface area contributed by atoms with E-state index >= 15 is 0 Å². The molecule has 1 aliphatic carbocycles. The average Bonchev–Trinajstić information content (AvgIpc) is 2.82. The number of carbonyl (C=O) groups is 1. The number of imidazole rings is 1. The van der Waals surface area contributed by atoms with Crippen molar-refractivity contribution in [1.29, 1.82) is 0 Å². The highest BCUT2D eigenvalue weighted by atomic mass is 32.2. The third-order valence-electron chi connectivity index (χ3n) is 4.41. The summed E-state index contributed by atoms with van der Waals surface area (Å²) in [6, 6.07) is 5.72. The number of carboxylic acids is 1. The van der Waals surface area contributed by atoms with Crippen LogP contribution in [0, 0.1) is 6.92 Å². The zero-order chi connectivity index (χ0) is 15.0. The van der Waals surface area contributed by atoms with Crippen molar-refractivity contribution in [3.05, 3.63) is 29.6 Å². The zero-order valence-corrected chi connectivity index (χ0v) is 13.2. The van der Waals surface area contributed by atoms with Crippen molar-refractivity contribution in [3.8, 4) is 0 Å². The van der Waals surface area contributed by atoms with Gasteiger partial charge in [-0.2, -0.15) is 11.8 Å². The first-order chi connectivity index (χ1) is 10.1. The predicted molar refractivity (Wildman–Crippen MR) is 86.2 cm³/mol. The van der Waals surface area contributed by atoms with E-state index in [9.17, 15) is 9.90 Å². The molecule has 1 aromatic heterocycles. The molecule has 0 radical (unpaired) electrons. The van der Waals surface area contributed by atoms with Crippen LogP contribution in [0.15, 0.2) is 18.2 Å². The summed E-state index contributed by atoms with van der Waals surface area (Å²) in [5.74, 6) is 0.0458. The molecule has 21 heavy (non-hydrogen) atoms. The molecule has 0 bridgehead atoms. The van der Waals surface area contributed by atoms with Gasteiger partial charge >= 0.3 is 5.97 Å². The summed E-state index contributed by atoms with van der Waals surface area (Å²) >= 11 is 1.92. The van der Waals surface area contributed by atoms with E-state index in [1.54, 1.807) is 12.1 Å². The maximum Gasteiger partial charge on any atom is 0.337 e. The third-order valence-corrected chi connectivity index (χ3v) is 5.51. The molecule has 1 aromatic carbocycles. The normalized spacial score (nSPS) is 22.6. The van der Waals surface area contributed by atoms with Crippen LogP contribution in [0.1, 0.15) is 47.9 Å². The van der Waals surface area contributed by atoms with E-state index in [1.807, 2.05) is 24.8 Å². The number of benzene rings is 1. The molecular weight excluding hydrogens is 284 g/mol. The fraction of sp³-hybridized carbons (Fsp3) is 0.500. The highest BCUT2D eigenvalue weighted by Crippen LogP contribution is 2.37. The standard InChI is InChI=1S/C16H20N2O2S/c1-10-17-14-8-4-7-13(16(19)20)15(14)18(10)11-5-3-6-12(9-11)21-2/h4,7-8,11-12H,3,5-6,9H2,1-2H3,(H,19,20). The summed E-state index contributed by atoms with van der Waals surface area (Å²) in [5.41, 5.74) is 1.94. The lowest BCUT2D eigenvalue weighted by molar-refractivity contribution is 0.0698. The fourth-order valence-corrected chi connectivity index (χ4v) is 4.27. The molecule has 1 aliphatic rings. The second-order valence-corrected chi connectivity index (χ2v) is 6.82. The number of thioether (sulfide) groups is 1. The molecule has 112 valence electrons. The Morgan fingerprint density at radius 1 is 1.43 bits per heavy atom. The molecule has 0 saturated heterocycles. The third kappa shape index (κ3) is 2.55. The summed E-state index contributed by atoms with van der Waals surface area (Å²) < 4.78 is 2.17. The molecule has 1 fully saturated rings.